The van der Waals surface area contributed by atoms with Crippen molar-refractivity contribution < 1.29 is 13.2 Å². The second-order valence-electron chi connectivity index (χ2n) is 3.33. The van der Waals surface area contributed by atoms with Crippen LogP contribution < -0.4 is 5.32 Å². The van der Waals surface area contributed by atoms with Gasteiger partial charge in [0.15, 0.2) is 4.47 Å². The lowest BCUT2D eigenvalue weighted by atomic mass is 10.2. The normalized spacial score (nSPS) is 11.6. The van der Waals surface area contributed by atoms with Crippen LogP contribution in [0.1, 0.15) is 10.4 Å². The predicted octanol–water partition coefficient (Wildman–Crippen LogP) is 3.82. The molecule has 0 aliphatic carbocycles. The summed E-state index contributed by atoms with van der Waals surface area (Å²) in [5.74, 6) is -0.200. The minimum absolute atomic E-state index is 0.199. The summed E-state index contributed by atoms with van der Waals surface area (Å²) in [5.41, 5.74) is -0.791. The van der Waals surface area contributed by atoms with Gasteiger partial charge in [-0.3, -0.25) is 0 Å². The second-order valence-corrected chi connectivity index (χ2v) is 5.03. The molecule has 3 nitrogen and oxygen atoms in total. The Kier molecular flexibility index (Phi) is 3.72. The van der Waals surface area contributed by atoms with Crippen LogP contribution in [-0.2, 0) is 12.7 Å². The second kappa shape index (κ2) is 5.11. The summed E-state index contributed by atoms with van der Waals surface area (Å²) in [4.78, 5) is 8.22. The van der Waals surface area contributed by atoms with E-state index < -0.39 is 11.7 Å². The van der Waals surface area contributed by atoms with Crippen LogP contribution in [0.2, 0.25) is 4.47 Å². The van der Waals surface area contributed by atoms with E-state index in [-0.39, 0.29) is 12.4 Å². The largest absolute Gasteiger partial charge is 0.419 e. The maximum atomic E-state index is 12.7. The highest BCUT2D eigenvalue weighted by Gasteiger charge is 2.33. The van der Waals surface area contributed by atoms with Crippen molar-refractivity contribution in [1.29, 1.82) is 0 Å². The molecular weight excluding hydrogens is 287 g/mol. The average Bonchev–Trinajstić information content (AvgIpc) is 2.72. The van der Waals surface area contributed by atoms with Gasteiger partial charge in [-0.15, -0.1) is 11.3 Å². The molecule has 0 saturated carbocycles. The third-order valence-electron chi connectivity index (χ3n) is 2.07. The van der Waals surface area contributed by atoms with Crippen molar-refractivity contribution in [2.24, 2.45) is 0 Å². The summed E-state index contributed by atoms with van der Waals surface area (Å²) >= 11 is 6.83. The SMILES string of the molecule is FC(F)(F)c1cccnc1NCc1cnc(Cl)s1. The molecule has 2 rings (SSSR count). The van der Waals surface area contributed by atoms with E-state index in [0.717, 1.165) is 10.9 Å². The van der Waals surface area contributed by atoms with Crippen molar-refractivity contribution in [2.45, 2.75) is 12.7 Å². The Hall–Kier alpha value is -1.34. The summed E-state index contributed by atoms with van der Waals surface area (Å²) in [6.45, 7) is 0.199. The molecule has 1 N–H and O–H groups in total. The van der Waals surface area contributed by atoms with E-state index in [1.54, 1.807) is 0 Å². The molecule has 96 valence electrons. The zero-order valence-electron chi connectivity index (χ0n) is 8.83. The zero-order valence-corrected chi connectivity index (χ0v) is 10.4. The van der Waals surface area contributed by atoms with E-state index in [2.05, 4.69) is 15.3 Å². The number of anilines is 1. The third-order valence-corrected chi connectivity index (χ3v) is 3.18. The average molecular weight is 294 g/mol. The minimum Gasteiger partial charge on any atom is -0.365 e. The standard InChI is InChI=1S/C10H7ClF3N3S/c11-9-17-5-6(18-9)4-16-8-7(10(12,13)14)2-1-3-15-8/h1-3,5H,4H2,(H,15,16). The topological polar surface area (TPSA) is 37.8 Å². The van der Waals surface area contributed by atoms with E-state index >= 15 is 0 Å². The highest BCUT2D eigenvalue weighted by atomic mass is 35.5. The fourth-order valence-electron chi connectivity index (χ4n) is 1.31. The zero-order chi connectivity index (χ0) is 13.2. The summed E-state index contributed by atoms with van der Waals surface area (Å²) in [6.07, 6.45) is -1.62. The fourth-order valence-corrected chi connectivity index (χ4v) is 2.23. The molecule has 0 radical (unpaired) electrons. The monoisotopic (exact) mass is 293 g/mol. The molecule has 2 heterocycles. The van der Waals surface area contributed by atoms with Gasteiger partial charge in [-0.2, -0.15) is 13.2 Å². The van der Waals surface area contributed by atoms with Crippen LogP contribution in [0.25, 0.3) is 0 Å². The van der Waals surface area contributed by atoms with Crippen LogP contribution in [0.5, 0.6) is 0 Å². The van der Waals surface area contributed by atoms with Gasteiger partial charge in [0, 0.05) is 17.3 Å². The van der Waals surface area contributed by atoms with Gasteiger partial charge < -0.3 is 5.32 Å². The Morgan fingerprint density at radius 2 is 2.11 bits per heavy atom. The lowest BCUT2D eigenvalue weighted by Crippen LogP contribution is -2.11. The van der Waals surface area contributed by atoms with Crippen molar-refractivity contribution >= 4 is 28.8 Å². The summed E-state index contributed by atoms with van der Waals surface area (Å²) in [7, 11) is 0. The van der Waals surface area contributed by atoms with Crippen LogP contribution in [0.15, 0.2) is 24.5 Å². The Morgan fingerprint density at radius 3 is 2.72 bits per heavy atom. The van der Waals surface area contributed by atoms with E-state index in [0.29, 0.717) is 4.47 Å². The lowest BCUT2D eigenvalue weighted by Gasteiger charge is -2.12. The molecule has 0 aliphatic heterocycles. The van der Waals surface area contributed by atoms with Crippen molar-refractivity contribution in [3.05, 3.63) is 39.4 Å². The Morgan fingerprint density at radius 1 is 1.33 bits per heavy atom. The van der Waals surface area contributed by atoms with Crippen LogP contribution in [-0.4, -0.2) is 9.97 Å². The van der Waals surface area contributed by atoms with E-state index in [9.17, 15) is 13.2 Å². The molecule has 8 heteroatoms. The molecule has 0 bridgehead atoms. The highest BCUT2D eigenvalue weighted by Crippen LogP contribution is 2.33. The number of thiazole rings is 1. The molecule has 18 heavy (non-hydrogen) atoms. The number of nitrogens with zero attached hydrogens (tertiary/aromatic N) is 2. The van der Waals surface area contributed by atoms with Gasteiger partial charge in [-0.25, -0.2) is 9.97 Å². The van der Waals surface area contributed by atoms with Crippen LogP contribution in [0.3, 0.4) is 0 Å². The quantitative estimate of drug-likeness (QED) is 0.935. The van der Waals surface area contributed by atoms with Crippen molar-refractivity contribution in [2.75, 3.05) is 5.32 Å². The first-order chi connectivity index (χ1) is 8.47. The Bertz CT molecular complexity index is 541. The minimum atomic E-state index is -4.43. The fraction of sp³-hybridized carbons (Fsp3) is 0.200. The lowest BCUT2D eigenvalue weighted by molar-refractivity contribution is -0.137. The van der Waals surface area contributed by atoms with Crippen LogP contribution >= 0.6 is 22.9 Å². The molecule has 0 unspecified atom stereocenters. The van der Waals surface area contributed by atoms with Crippen molar-refractivity contribution in [3.63, 3.8) is 0 Å². The molecule has 0 atom stereocenters. The van der Waals surface area contributed by atoms with Crippen molar-refractivity contribution in [1.82, 2.24) is 9.97 Å². The van der Waals surface area contributed by atoms with Gasteiger partial charge in [-0.05, 0) is 12.1 Å². The molecule has 2 aromatic rings. The molecule has 0 saturated heterocycles. The van der Waals surface area contributed by atoms with Gasteiger partial charge in [0.05, 0.1) is 12.1 Å². The predicted molar refractivity (Wildman–Crippen MR) is 63.7 cm³/mol. The van der Waals surface area contributed by atoms with Gasteiger partial charge in [-0.1, -0.05) is 11.6 Å². The molecule has 0 aliphatic rings. The smallest absolute Gasteiger partial charge is 0.365 e. The van der Waals surface area contributed by atoms with Gasteiger partial charge in [0.25, 0.3) is 0 Å². The van der Waals surface area contributed by atoms with Crippen LogP contribution in [0, 0.1) is 0 Å². The Labute approximate surface area is 110 Å². The highest BCUT2D eigenvalue weighted by molar-refractivity contribution is 7.15. The summed E-state index contributed by atoms with van der Waals surface area (Å²) in [6, 6.07) is 2.23. The molecule has 0 amide bonds. The maximum absolute atomic E-state index is 12.7. The molecular formula is C10H7ClF3N3S. The van der Waals surface area contributed by atoms with Gasteiger partial charge in [0.2, 0.25) is 0 Å². The number of nitrogens with one attached hydrogen (secondary N) is 1. The molecule has 2 aromatic heterocycles. The van der Waals surface area contributed by atoms with E-state index in [1.165, 1.54) is 29.8 Å². The first-order valence-corrected chi connectivity index (χ1v) is 6.02. The van der Waals surface area contributed by atoms with Gasteiger partial charge >= 0.3 is 6.18 Å². The number of aromatic nitrogens is 2. The number of hydrogen-bond donors (Lipinski definition) is 1. The first kappa shape index (κ1) is 13.1. The number of hydrogen-bond acceptors (Lipinski definition) is 4. The number of rotatable bonds is 3. The van der Waals surface area contributed by atoms with E-state index in [1.807, 2.05) is 0 Å². The summed E-state index contributed by atoms with van der Waals surface area (Å²) < 4.78 is 38.4. The maximum Gasteiger partial charge on any atom is 0.419 e. The van der Waals surface area contributed by atoms with Crippen molar-refractivity contribution in [3.8, 4) is 0 Å². The van der Waals surface area contributed by atoms with Crippen LogP contribution in [0.4, 0.5) is 19.0 Å². The van der Waals surface area contributed by atoms with Gasteiger partial charge in [0.1, 0.15) is 5.82 Å². The molecule has 0 spiro atoms. The third kappa shape index (κ3) is 3.11. The molecule has 0 aromatic carbocycles. The number of alkyl halides is 3. The number of halogens is 4. The van der Waals surface area contributed by atoms with E-state index in [4.69, 9.17) is 11.6 Å². The first-order valence-electron chi connectivity index (χ1n) is 4.83. The molecule has 0 fully saturated rings. The number of pyridine rings is 1. The Balaban J connectivity index is 2.14. The summed E-state index contributed by atoms with van der Waals surface area (Å²) in [5, 5.41) is 2.63.